The van der Waals surface area contributed by atoms with Crippen LogP contribution in [0.5, 0.6) is 5.75 Å². The molecule has 1 amide bonds. The number of aryl methyl sites for hydroxylation is 1. The lowest BCUT2D eigenvalue weighted by molar-refractivity contribution is -0.124. The third-order valence-electron chi connectivity index (χ3n) is 3.62. The van der Waals surface area contributed by atoms with Crippen LogP contribution in [0.25, 0.3) is 0 Å². The van der Waals surface area contributed by atoms with E-state index in [4.69, 9.17) is 9.84 Å². The Hall–Kier alpha value is -1.56. The predicted molar refractivity (Wildman–Crippen MR) is 81.2 cm³/mol. The van der Waals surface area contributed by atoms with E-state index in [-0.39, 0.29) is 23.4 Å². The van der Waals surface area contributed by atoms with E-state index in [0.717, 1.165) is 37.0 Å². The first-order valence-electron chi connectivity index (χ1n) is 7.38. The zero-order valence-corrected chi connectivity index (χ0v) is 13.0. The van der Waals surface area contributed by atoms with Gasteiger partial charge in [0.1, 0.15) is 5.75 Å². The van der Waals surface area contributed by atoms with Gasteiger partial charge in [-0.15, -0.1) is 11.3 Å². The largest absolute Gasteiger partial charge is 0.482 e. The van der Waals surface area contributed by atoms with Crippen molar-refractivity contribution < 1.29 is 19.4 Å². The summed E-state index contributed by atoms with van der Waals surface area (Å²) in [4.78, 5) is 24.1. The molecule has 0 unspecified atom stereocenters. The smallest absolute Gasteiger partial charge is 0.349 e. The molecule has 0 atom stereocenters. The number of carbonyl (C=O) groups is 2. The van der Waals surface area contributed by atoms with E-state index in [1.807, 2.05) is 6.92 Å². The van der Waals surface area contributed by atoms with Crippen LogP contribution in [0.3, 0.4) is 0 Å². The molecule has 0 saturated heterocycles. The molecule has 0 aromatic carbocycles. The second-order valence-electron chi connectivity index (χ2n) is 5.26. The number of carbonyl (C=O) groups excluding carboxylic acids is 1. The predicted octanol–water partition coefficient (Wildman–Crippen LogP) is 2.84. The third-order valence-corrected chi connectivity index (χ3v) is 4.87. The van der Waals surface area contributed by atoms with Gasteiger partial charge in [0, 0.05) is 10.9 Å². The molecule has 0 bridgehead atoms. The summed E-state index contributed by atoms with van der Waals surface area (Å²) in [6.45, 7) is 1.83. The Balaban J connectivity index is 1.88. The average molecular weight is 311 g/mol. The monoisotopic (exact) mass is 311 g/mol. The maximum absolute atomic E-state index is 11.9. The van der Waals surface area contributed by atoms with E-state index in [2.05, 4.69) is 5.32 Å². The molecule has 116 valence electrons. The molecule has 21 heavy (non-hydrogen) atoms. The first-order chi connectivity index (χ1) is 10.1. The molecule has 1 aliphatic carbocycles. The normalized spacial score (nSPS) is 15.7. The van der Waals surface area contributed by atoms with Crippen LogP contribution in [0, 0.1) is 0 Å². The topological polar surface area (TPSA) is 75.6 Å². The zero-order valence-electron chi connectivity index (χ0n) is 12.2. The number of carboxylic acids is 1. The Labute approximate surface area is 128 Å². The number of rotatable bonds is 6. The second kappa shape index (κ2) is 7.45. The number of ether oxygens (including phenoxy) is 1. The number of amides is 1. The first kappa shape index (κ1) is 15.8. The first-order valence-corrected chi connectivity index (χ1v) is 8.20. The summed E-state index contributed by atoms with van der Waals surface area (Å²) in [7, 11) is 0. The summed E-state index contributed by atoms with van der Waals surface area (Å²) >= 11 is 1.20. The van der Waals surface area contributed by atoms with E-state index in [1.165, 1.54) is 17.8 Å². The van der Waals surface area contributed by atoms with Gasteiger partial charge in [-0.3, -0.25) is 4.79 Å². The van der Waals surface area contributed by atoms with E-state index in [0.29, 0.717) is 5.75 Å². The summed E-state index contributed by atoms with van der Waals surface area (Å²) in [6, 6.07) is 1.95. The Morgan fingerprint density at radius 2 is 2.10 bits per heavy atom. The lowest BCUT2D eigenvalue weighted by Gasteiger charge is -2.22. The van der Waals surface area contributed by atoms with Crippen molar-refractivity contribution in [3.8, 4) is 5.75 Å². The van der Waals surface area contributed by atoms with Crippen molar-refractivity contribution >= 4 is 23.2 Å². The minimum Gasteiger partial charge on any atom is -0.482 e. The van der Waals surface area contributed by atoms with E-state index in [9.17, 15) is 9.59 Å². The Kier molecular flexibility index (Phi) is 5.61. The zero-order chi connectivity index (χ0) is 15.2. The lowest BCUT2D eigenvalue weighted by Crippen LogP contribution is -2.39. The van der Waals surface area contributed by atoms with Crippen molar-refractivity contribution in [1.29, 1.82) is 0 Å². The molecule has 2 rings (SSSR count). The number of hydrogen-bond donors (Lipinski definition) is 2. The number of thiophene rings is 1. The molecule has 1 fully saturated rings. The summed E-state index contributed by atoms with van der Waals surface area (Å²) in [5, 5.41) is 12.1. The van der Waals surface area contributed by atoms with Crippen molar-refractivity contribution in [2.45, 2.75) is 51.5 Å². The molecular formula is C15H21NO4S. The quantitative estimate of drug-likeness (QED) is 0.847. The van der Waals surface area contributed by atoms with Gasteiger partial charge in [-0.25, -0.2) is 4.79 Å². The molecule has 5 nitrogen and oxygen atoms in total. The molecule has 1 aromatic heterocycles. The minimum atomic E-state index is -1.01. The lowest BCUT2D eigenvalue weighted by atomic mass is 9.95. The van der Waals surface area contributed by atoms with Crippen LogP contribution in [-0.4, -0.2) is 29.6 Å². The van der Waals surface area contributed by atoms with Gasteiger partial charge in [-0.05, 0) is 25.3 Å². The maximum Gasteiger partial charge on any atom is 0.349 e. The van der Waals surface area contributed by atoms with Crippen molar-refractivity contribution in [1.82, 2.24) is 5.32 Å². The molecule has 6 heteroatoms. The molecule has 0 spiro atoms. The second-order valence-corrected chi connectivity index (χ2v) is 6.39. The fourth-order valence-electron chi connectivity index (χ4n) is 2.51. The maximum atomic E-state index is 11.9. The van der Waals surface area contributed by atoms with Crippen LogP contribution in [0.4, 0.5) is 0 Å². The molecule has 2 N–H and O–H groups in total. The van der Waals surface area contributed by atoms with Gasteiger partial charge in [0.2, 0.25) is 0 Å². The van der Waals surface area contributed by atoms with Crippen LogP contribution in [0.15, 0.2) is 6.07 Å². The minimum absolute atomic E-state index is 0.128. The van der Waals surface area contributed by atoms with E-state index in [1.54, 1.807) is 6.07 Å². The van der Waals surface area contributed by atoms with Gasteiger partial charge in [-0.2, -0.15) is 0 Å². The van der Waals surface area contributed by atoms with Crippen molar-refractivity contribution in [2.24, 2.45) is 0 Å². The fourth-order valence-corrected chi connectivity index (χ4v) is 3.39. The van der Waals surface area contributed by atoms with Gasteiger partial charge in [0.15, 0.2) is 11.5 Å². The highest BCUT2D eigenvalue weighted by Crippen LogP contribution is 2.29. The highest BCUT2D eigenvalue weighted by molar-refractivity contribution is 7.14. The van der Waals surface area contributed by atoms with E-state index < -0.39 is 5.97 Å². The van der Waals surface area contributed by atoms with Crippen LogP contribution < -0.4 is 10.1 Å². The molecule has 1 heterocycles. The summed E-state index contributed by atoms with van der Waals surface area (Å²) < 4.78 is 5.40. The van der Waals surface area contributed by atoms with Crippen LogP contribution in [0.2, 0.25) is 0 Å². The van der Waals surface area contributed by atoms with Crippen LogP contribution >= 0.6 is 11.3 Å². The van der Waals surface area contributed by atoms with Crippen LogP contribution in [-0.2, 0) is 11.2 Å². The van der Waals surface area contributed by atoms with Gasteiger partial charge in [-0.1, -0.05) is 26.2 Å². The number of aromatic carboxylic acids is 1. The summed E-state index contributed by atoms with van der Waals surface area (Å²) in [5.41, 5.74) is 0. The molecular weight excluding hydrogens is 290 g/mol. The van der Waals surface area contributed by atoms with Gasteiger partial charge in [0.05, 0.1) is 0 Å². The molecule has 0 radical (unpaired) electrons. The van der Waals surface area contributed by atoms with Gasteiger partial charge >= 0.3 is 5.97 Å². The fraction of sp³-hybridized carbons (Fsp3) is 0.600. The van der Waals surface area contributed by atoms with Gasteiger partial charge < -0.3 is 15.2 Å². The number of nitrogens with one attached hydrogen (secondary N) is 1. The highest BCUT2D eigenvalue weighted by Gasteiger charge is 2.19. The standard InChI is InChI=1S/C15H21NO4S/c1-2-11-8-12(14(21-11)15(18)19)20-9-13(17)16-10-6-4-3-5-7-10/h8,10H,2-7,9H2,1H3,(H,16,17)(H,18,19). The number of carboxylic acid groups (broad SMARTS) is 1. The van der Waals surface area contributed by atoms with Gasteiger partial charge in [0.25, 0.3) is 5.91 Å². The summed E-state index contributed by atoms with van der Waals surface area (Å²) in [5.74, 6) is -0.895. The molecule has 1 aromatic rings. The van der Waals surface area contributed by atoms with E-state index >= 15 is 0 Å². The molecule has 0 aliphatic heterocycles. The third kappa shape index (κ3) is 4.46. The number of hydrogen-bond acceptors (Lipinski definition) is 4. The molecule has 1 aliphatic rings. The van der Waals surface area contributed by atoms with Crippen molar-refractivity contribution in [3.63, 3.8) is 0 Å². The molecule has 1 saturated carbocycles. The van der Waals surface area contributed by atoms with Crippen molar-refractivity contribution in [2.75, 3.05) is 6.61 Å². The van der Waals surface area contributed by atoms with Crippen molar-refractivity contribution in [3.05, 3.63) is 15.8 Å². The summed E-state index contributed by atoms with van der Waals surface area (Å²) in [6.07, 6.45) is 6.33. The average Bonchev–Trinajstić information content (AvgIpc) is 2.90. The Morgan fingerprint density at radius 1 is 1.38 bits per heavy atom. The van der Waals surface area contributed by atoms with Crippen LogP contribution in [0.1, 0.15) is 53.6 Å². The SMILES string of the molecule is CCc1cc(OCC(=O)NC2CCCCC2)c(C(=O)O)s1. The Morgan fingerprint density at radius 3 is 2.71 bits per heavy atom. The highest BCUT2D eigenvalue weighted by atomic mass is 32.1. The Bertz CT molecular complexity index is 506.